The van der Waals surface area contributed by atoms with Crippen LogP contribution in [-0.2, 0) is 7.05 Å². The standard InChI is InChI=1S/C16H15N5S/c1-20-14(11-21-9-3-2-4-15(20)21)13-7-5-12(6-8-13)10-18-19-16(17)22/h2-11H,1H3,(H2-,17,19,22)/p+1/b18-10+. The SMILES string of the molecule is Cn1c(-c2ccc(/C=N/NC(N)=S)cc2)c[n+]2ccccc12. The molecule has 2 aromatic heterocycles. The highest BCUT2D eigenvalue weighted by molar-refractivity contribution is 7.80. The Balaban J connectivity index is 1.90. The van der Waals surface area contributed by atoms with Crippen LogP contribution in [0.1, 0.15) is 5.56 Å². The van der Waals surface area contributed by atoms with Gasteiger partial charge in [0.2, 0.25) is 0 Å². The molecule has 6 heteroatoms. The third-order valence-corrected chi connectivity index (χ3v) is 3.52. The van der Waals surface area contributed by atoms with Gasteiger partial charge in [-0.25, -0.2) is 8.97 Å². The Morgan fingerprint density at radius 3 is 2.73 bits per heavy atom. The zero-order valence-electron chi connectivity index (χ0n) is 12.1. The van der Waals surface area contributed by atoms with Crippen LogP contribution in [0.2, 0.25) is 0 Å². The lowest BCUT2D eigenvalue weighted by Crippen LogP contribution is -2.23. The minimum Gasteiger partial charge on any atom is -0.375 e. The third-order valence-electron chi connectivity index (χ3n) is 3.43. The van der Waals surface area contributed by atoms with E-state index in [1.54, 1.807) is 6.21 Å². The molecule has 3 rings (SSSR count). The van der Waals surface area contributed by atoms with Crippen molar-refractivity contribution in [1.29, 1.82) is 0 Å². The average molecular weight is 310 g/mol. The van der Waals surface area contributed by atoms with Crippen molar-refractivity contribution in [2.75, 3.05) is 0 Å². The van der Waals surface area contributed by atoms with Crippen molar-refractivity contribution < 1.29 is 4.40 Å². The van der Waals surface area contributed by atoms with E-state index in [1.165, 1.54) is 0 Å². The molecule has 22 heavy (non-hydrogen) atoms. The van der Waals surface area contributed by atoms with Crippen LogP contribution in [0, 0.1) is 0 Å². The van der Waals surface area contributed by atoms with E-state index in [1.807, 2.05) is 30.5 Å². The molecule has 0 aliphatic heterocycles. The van der Waals surface area contributed by atoms with E-state index in [0.29, 0.717) is 0 Å². The molecule has 0 fully saturated rings. The molecule has 5 nitrogen and oxygen atoms in total. The van der Waals surface area contributed by atoms with Crippen LogP contribution in [0.5, 0.6) is 0 Å². The Hall–Kier alpha value is -2.73. The molecule has 0 bridgehead atoms. The molecule has 1 aromatic carbocycles. The van der Waals surface area contributed by atoms with Gasteiger partial charge >= 0.3 is 0 Å². The molecular formula is C16H16N5S+. The summed E-state index contributed by atoms with van der Waals surface area (Å²) < 4.78 is 4.27. The molecule has 2 heterocycles. The summed E-state index contributed by atoms with van der Waals surface area (Å²) in [6.07, 6.45) is 5.84. The molecule has 0 radical (unpaired) electrons. The third kappa shape index (κ3) is 2.82. The van der Waals surface area contributed by atoms with Crippen LogP contribution in [0.4, 0.5) is 0 Å². The number of rotatable bonds is 3. The van der Waals surface area contributed by atoms with Gasteiger partial charge in [-0.2, -0.15) is 5.10 Å². The summed E-state index contributed by atoms with van der Waals surface area (Å²) in [4.78, 5) is 0. The minimum atomic E-state index is 0.153. The molecule has 0 atom stereocenters. The van der Waals surface area contributed by atoms with Gasteiger partial charge in [0.1, 0.15) is 6.20 Å². The number of nitrogens with one attached hydrogen (secondary N) is 1. The van der Waals surface area contributed by atoms with Crippen molar-refractivity contribution >= 4 is 29.2 Å². The van der Waals surface area contributed by atoms with Gasteiger partial charge in [-0.3, -0.25) is 5.43 Å². The summed E-state index contributed by atoms with van der Waals surface area (Å²) in [5, 5.41) is 4.10. The molecule has 3 N–H and O–H groups in total. The number of hydrogen-bond donors (Lipinski definition) is 2. The van der Waals surface area contributed by atoms with Gasteiger partial charge in [0.25, 0.3) is 5.65 Å². The largest absolute Gasteiger partial charge is 0.375 e. The number of nitrogens with zero attached hydrogens (tertiary/aromatic N) is 3. The van der Waals surface area contributed by atoms with Crippen molar-refractivity contribution in [3.05, 3.63) is 60.4 Å². The molecular weight excluding hydrogens is 294 g/mol. The number of imidazole rings is 1. The highest BCUT2D eigenvalue weighted by Crippen LogP contribution is 2.19. The van der Waals surface area contributed by atoms with E-state index >= 15 is 0 Å². The van der Waals surface area contributed by atoms with Crippen molar-refractivity contribution in [2.45, 2.75) is 0 Å². The number of nitrogens with two attached hydrogens (primary N) is 1. The summed E-state index contributed by atoms with van der Waals surface area (Å²) in [6.45, 7) is 0. The van der Waals surface area contributed by atoms with E-state index in [9.17, 15) is 0 Å². The van der Waals surface area contributed by atoms with Gasteiger partial charge in [0.15, 0.2) is 10.8 Å². The maximum absolute atomic E-state index is 5.31. The molecule has 0 spiro atoms. The topological polar surface area (TPSA) is 59.4 Å². The van der Waals surface area contributed by atoms with Crippen LogP contribution in [0.25, 0.3) is 16.9 Å². The van der Waals surface area contributed by atoms with Crippen molar-refractivity contribution in [2.24, 2.45) is 17.9 Å². The number of benzene rings is 1. The van der Waals surface area contributed by atoms with Gasteiger partial charge in [-0.1, -0.05) is 18.2 Å². The number of aromatic nitrogens is 2. The van der Waals surface area contributed by atoms with Gasteiger partial charge in [-0.15, -0.1) is 0 Å². The van der Waals surface area contributed by atoms with Gasteiger partial charge in [-0.05, 0) is 36.0 Å². The Kier molecular flexibility index (Phi) is 3.84. The summed E-state index contributed by atoms with van der Waals surface area (Å²) in [5.41, 5.74) is 12.3. The van der Waals surface area contributed by atoms with Gasteiger partial charge < -0.3 is 5.73 Å². The normalized spacial score (nSPS) is 11.1. The van der Waals surface area contributed by atoms with Gasteiger partial charge in [0.05, 0.1) is 19.5 Å². The van der Waals surface area contributed by atoms with E-state index in [-0.39, 0.29) is 5.11 Å². The lowest BCUT2D eigenvalue weighted by molar-refractivity contribution is -0.510. The van der Waals surface area contributed by atoms with Crippen LogP contribution in [-0.4, -0.2) is 15.9 Å². The Labute approximate surface area is 133 Å². The van der Waals surface area contributed by atoms with Gasteiger partial charge in [0, 0.05) is 11.6 Å². The summed E-state index contributed by atoms with van der Waals surface area (Å²) in [6, 6.07) is 14.3. The molecule has 0 unspecified atom stereocenters. The van der Waals surface area contributed by atoms with Crippen LogP contribution in [0.3, 0.4) is 0 Å². The zero-order valence-corrected chi connectivity index (χ0v) is 12.9. The Bertz CT molecular complexity index is 849. The number of hydrogen-bond acceptors (Lipinski definition) is 2. The quantitative estimate of drug-likeness (QED) is 0.334. The molecule has 110 valence electrons. The van der Waals surface area contributed by atoms with Crippen molar-refractivity contribution in [3.8, 4) is 11.3 Å². The summed E-state index contributed by atoms with van der Waals surface area (Å²) >= 11 is 4.69. The maximum Gasteiger partial charge on any atom is 0.286 e. The Morgan fingerprint density at radius 1 is 1.27 bits per heavy atom. The van der Waals surface area contributed by atoms with Crippen LogP contribution >= 0.6 is 12.2 Å². The number of fused-ring (bicyclic) bond motifs is 1. The monoisotopic (exact) mass is 310 g/mol. The zero-order chi connectivity index (χ0) is 15.5. The fourth-order valence-corrected chi connectivity index (χ4v) is 2.41. The second-order valence-electron chi connectivity index (χ2n) is 4.90. The Morgan fingerprint density at radius 2 is 2.05 bits per heavy atom. The average Bonchev–Trinajstić information content (AvgIpc) is 2.85. The molecule has 0 aliphatic carbocycles. The molecule has 0 saturated heterocycles. The number of hydrazone groups is 1. The second-order valence-corrected chi connectivity index (χ2v) is 5.34. The first-order chi connectivity index (χ1) is 10.6. The molecule has 3 aromatic rings. The predicted octanol–water partition coefficient (Wildman–Crippen LogP) is 1.60. The smallest absolute Gasteiger partial charge is 0.286 e. The van der Waals surface area contributed by atoms with E-state index in [4.69, 9.17) is 5.73 Å². The number of thiocarbonyl (C=S) groups is 1. The van der Waals surface area contributed by atoms with E-state index < -0.39 is 0 Å². The highest BCUT2D eigenvalue weighted by atomic mass is 32.1. The van der Waals surface area contributed by atoms with Crippen LogP contribution < -0.4 is 15.6 Å². The first-order valence-electron chi connectivity index (χ1n) is 6.80. The van der Waals surface area contributed by atoms with E-state index in [2.05, 4.69) is 63.2 Å². The highest BCUT2D eigenvalue weighted by Gasteiger charge is 2.14. The lowest BCUT2D eigenvalue weighted by Gasteiger charge is -1.99. The minimum absolute atomic E-state index is 0.153. The fourth-order valence-electron chi connectivity index (χ4n) is 2.36. The van der Waals surface area contributed by atoms with E-state index in [0.717, 1.165) is 22.5 Å². The number of aryl methyl sites for hydroxylation is 1. The molecule has 0 saturated carbocycles. The summed E-state index contributed by atoms with van der Waals surface area (Å²) in [5.74, 6) is 0. The number of pyridine rings is 1. The maximum atomic E-state index is 5.31. The van der Waals surface area contributed by atoms with Crippen LogP contribution in [0.15, 0.2) is 60.0 Å². The summed E-state index contributed by atoms with van der Waals surface area (Å²) in [7, 11) is 2.06. The van der Waals surface area contributed by atoms with Crippen molar-refractivity contribution in [1.82, 2.24) is 9.99 Å². The lowest BCUT2D eigenvalue weighted by atomic mass is 10.1. The first kappa shape index (κ1) is 14.2. The van der Waals surface area contributed by atoms with Crippen molar-refractivity contribution in [3.63, 3.8) is 0 Å². The molecule has 0 aliphatic rings. The fraction of sp³-hybridized carbons (Fsp3) is 0.0625. The molecule has 0 amide bonds. The second kappa shape index (κ2) is 5.95. The predicted molar refractivity (Wildman–Crippen MR) is 91.5 cm³/mol. The first-order valence-corrected chi connectivity index (χ1v) is 7.20.